The van der Waals surface area contributed by atoms with Crippen LogP contribution in [0.3, 0.4) is 0 Å². The van der Waals surface area contributed by atoms with E-state index in [9.17, 15) is 4.79 Å². The fraction of sp³-hybridized carbons (Fsp3) is 0.500. The second kappa shape index (κ2) is 5.29. The number of hydrogen-bond acceptors (Lipinski definition) is 3. The molecule has 2 unspecified atom stereocenters. The van der Waals surface area contributed by atoms with Crippen LogP contribution in [0.25, 0.3) is 0 Å². The molecule has 1 aliphatic rings. The summed E-state index contributed by atoms with van der Waals surface area (Å²) in [6, 6.07) is 4.98. The van der Waals surface area contributed by atoms with Crippen molar-refractivity contribution in [2.75, 3.05) is 17.6 Å². The monoisotopic (exact) mass is 248 g/mol. The molecule has 0 bridgehead atoms. The number of nitrogens with two attached hydrogens (primary N) is 1. The summed E-state index contributed by atoms with van der Waals surface area (Å²) in [7, 11) is 0. The maximum atomic E-state index is 11.1. The van der Waals surface area contributed by atoms with Gasteiger partial charge in [0.25, 0.3) is 0 Å². The van der Waals surface area contributed by atoms with E-state index in [1.54, 1.807) is 12.1 Å². The molecule has 98 valence electrons. The Bertz CT molecular complexity index is 445. The summed E-state index contributed by atoms with van der Waals surface area (Å²) in [5.74, 6) is 0.506. The van der Waals surface area contributed by atoms with Gasteiger partial charge >= 0.3 is 5.97 Å². The lowest BCUT2D eigenvalue weighted by atomic mass is 10.1. The van der Waals surface area contributed by atoms with Crippen molar-refractivity contribution in [2.24, 2.45) is 11.8 Å². The Labute approximate surface area is 107 Å². The molecular formula is C14H20N2O2. The first-order valence-electron chi connectivity index (χ1n) is 6.43. The number of anilines is 2. The van der Waals surface area contributed by atoms with Gasteiger partial charge in [-0.15, -0.1) is 0 Å². The third-order valence-electron chi connectivity index (χ3n) is 3.66. The molecule has 1 aromatic rings. The Morgan fingerprint density at radius 2 is 2.28 bits per heavy atom. The van der Waals surface area contributed by atoms with Gasteiger partial charge in [0.15, 0.2) is 0 Å². The van der Waals surface area contributed by atoms with Gasteiger partial charge in [0, 0.05) is 17.9 Å². The van der Waals surface area contributed by atoms with Gasteiger partial charge in [-0.25, -0.2) is 4.79 Å². The number of hydrogen-bond donors (Lipinski definition) is 3. The van der Waals surface area contributed by atoms with E-state index >= 15 is 0 Å². The lowest BCUT2D eigenvalue weighted by molar-refractivity contribution is 0.0698. The Morgan fingerprint density at radius 1 is 1.50 bits per heavy atom. The molecule has 0 radical (unpaired) electrons. The molecule has 18 heavy (non-hydrogen) atoms. The predicted molar refractivity (Wildman–Crippen MR) is 72.8 cm³/mol. The fourth-order valence-electron chi connectivity index (χ4n) is 2.66. The molecule has 4 heteroatoms. The second-order valence-corrected chi connectivity index (χ2v) is 5.28. The smallest absolute Gasteiger partial charge is 0.337 e. The highest BCUT2D eigenvalue weighted by atomic mass is 16.4. The molecule has 4 N–H and O–H groups in total. The predicted octanol–water partition coefficient (Wildman–Crippen LogP) is 2.82. The van der Waals surface area contributed by atoms with Crippen LogP contribution in [0.4, 0.5) is 11.4 Å². The number of carbonyl (C=O) groups is 1. The van der Waals surface area contributed by atoms with Crippen LogP contribution in [0.15, 0.2) is 18.2 Å². The first-order chi connectivity index (χ1) is 8.56. The van der Waals surface area contributed by atoms with Crippen molar-refractivity contribution in [3.05, 3.63) is 23.8 Å². The lowest BCUT2D eigenvalue weighted by Gasteiger charge is -2.14. The van der Waals surface area contributed by atoms with Crippen LogP contribution < -0.4 is 11.1 Å². The quantitative estimate of drug-likeness (QED) is 0.716. The molecule has 2 atom stereocenters. The molecule has 2 rings (SSSR count). The van der Waals surface area contributed by atoms with Crippen molar-refractivity contribution in [1.82, 2.24) is 0 Å². The zero-order valence-corrected chi connectivity index (χ0v) is 10.6. The largest absolute Gasteiger partial charge is 0.478 e. The van der Waals surface area contributed by atoms with Gasteiger partial charge in [-0.05, 0) is 42.9 Å². The van der Waals surface area contributed by atoms with E-state index in [1.165, 1.54) is 25.3 Å². The van der Waals surface area contributed by atoms with Crippen LogP contribution in [0.5, 0.6) is 0 Å². The molecule has 0 saturated heterocycles. The number of carboxylic acids is 1. The molecule has 0 amide bonds. The number of nitrogens with one attached hydrogen (secondary N) is 1. The summed E-state index contributed by atoms with van der Waals surface area (Å²) in [5, 5.41) is 12.4. The normalized spacial score (nSPS) is 22.9. The molecule has 4 nitrogen and oxygen atoms in total. The van der Waals surface area contributed by atoms with E-state index in [0.717, 1.165) is 12.5 Å². The molecule has 1 fully saturated rings. The summed E-state index contributed by atoms with van der Waals surface area (Å²) < 4.78 is 0. The van der Waals surface area contributed by atoms with Crippen LogP contribution in [0.2, 0.25) is 0 Å². The van der Waals surface area contributed by atoms with Gasteiger partial charge < -0.3 is 16.2 Å². The summed E-state index contributed by atoms with van der Waals surface area (Å²) >= 11 is 0. The minimum atomic E-state index is -0.940. The Morgan fingerprint density at radius 3 is 2.89 bits per heavy atom. The van der Waals surface area contributed by atoms with Crippen molar-refractivity contribution in [3.8, 4) is 0 Å². The zero-order valence-electron chi connectivity index (χ0n) is 10.6. The fourth-order valence-corrected chi connectivity index (χ4v) is 2.66. The number of rotatable bonds is 4. The Balaban J connectivity index is 2.02. The first-order valence-corrected chi connectivity index (χ1v) is 6.43. The maximum absolute atomic E-state index is 11.1. The minimum Gasteiger partial charge on any atom is -0.478 e. The minimum absolute atomic E-state index is 0.251. The highest BCUT2D eigenvalue weighted by Gasteiger charge is 2.21. The Kier molecular flexibility index (Phi) is 3.75. The van der Waals surface area contributed by atoms with Crippen LogP contribution in [0, 0.1) is 11.8 Å². The van der Waals surface area contributed by atoms with Crippen molar-refractivity contribution in [3.63, 3.8) is 0 Å². The van der Waals surface area contributed by atoms with Gasteiger partial charge in [0.2, 0.25) is 0 Å². The van der Waals surface area contributed by atoms with Crippen molar-refractivity contribution >= 4 is 17.3 Å². The summed E-state index contributed by atoms with van der Waals surface area (Å²) in [6.07, 6.45) is 3.73. The third-order valence-corrected chi connectivity index (χ3v) is 3.66. The van der Waals surface area contributed by atoms with Crippen molar-refractivity contribution in [1.29, 1.82) is 0 Å². The van der Waals surface area contributed by atoms with Gasteiger partial charge in [0.1, 0.15) is 0 Å². The zero-order chi connectivity index (χ0) is 13.1. The molecule has 1 aliphatic carbocycles. The van der Waals surface area contributed by atoms with E-state index in [1.807, 2.05) is 0 Å². The van der Waals surface area contributed by atoms with Crippen LogP contribution in [0.1, 0.15) is 36.5 Å². The molecule has 1 aromatic carbocycles. The molecular weight excluding hydrogens is 228 g/mol. The lowest BCUT2D eigenvalue weighted by Crippen LogP contribution is -2.14. The number of carboxylic acid groups (broad SMARTS) is 1. The molecule has 0 aromatic heterocycles. The summed E-state index contributed by atoms with van der Waals surface area (Å²) in [5.41, 5.74) is 7.00. The molecule has 0 heterocycles. The van der Waals surface area contributed by atoms with E-state index in [-0.39, 0.29) is 5.56 Å². The van der Waals surface area contributed by atoms with Gasteiger partial charge in [-0.3, -0.25) is 0 Å². The second-order valence-electron chi connectivity index (χ2n) is 5.28. The van der Waals surface area contributed by atoms with E-state index in [2.05, 4.69) is 12.2 Å². The summed E-state index contributed by atoms with van der Waals surface area (Å²) in [6.45, 7) is 3.11. The topological polar surface area (TPSA) is 75.3 Å². The van der Waals surface area contributed by atoms with Gasteiger partial charge in [-0.2, -0.15) is 0 Å². The average Bonchev–Trinajstić information content (AvgIpc) is 2.73. The SMILES string of the molecule is CC1CCC(CNc2ccc(N)cc2C(=O)O)C1. The highest BCUT2D eigenvalue weighted by Crippen LogP contribution is 2.30. The van der Waals surface area contributed by atoms with Gasteiger partial charge in [-0.1, -0.05) is 13.3 Å². The number of nitrogen functional groups attached to an aromatic ring is 1. The Hall–Kier alpha value is -1.71. The molecule has 0 aliphatic heterocycles. The van der Waals surface area contributed by atoms with Crippen LogP contribution in [-0.2, 0) is 0 Å². The van der Waals surface area contributed by atoms with Crippen molar-refractivity contribution < 1.29 is 9.90 Å². The standard InChI is InChI=1S/C14H20N2O2/c1-9-2-3-10(6-9)8-16-13-5-4-11(15)7-12(13)14(17)18/h4-5,7,9-10,16H,2-3,6,8,15H2,1H3,(H,17,18). The van der Waals surface area contributed by atoms with Gasteiger partial charge in [0.05, 0.1) is 5.56 Å². The first kappa shape index (κ1) is 12.7. The number of benzene rings is 1. The van der Waals surface area contributed by atoms with Crippen molar-refractivity contribution in [2.45, 2.75) is 26.2 Å². The highest BCUT2D eigenvalue weighted by molar-refractivity contribution is 5.95. The van der Waals surface area contributed by atoms with E-state index in [0.29, 0.717) is 17.3 Å². The average molecular weight is 248 g/mol. The van der Waals surface area contributed by atoms with E-state index < -0.39 is 5.97 Å². The van der Waals surface area contributed by atoms with Crippen LogP contribution in [-0.4, -0.2) is 17.6 Å². The summed E-state index contributed by atoms with van der Waals surface area (Å²) in [4.78, 5) is 11.1. The maximum Gasteiger partial charge on any atom is 0.337 e. The molecule has 0 spiro atoms. The third kappa shape index (κ3) is 2.94. The number of aromatic carboxylic acids is 1. The molecule has 1 saturated carbocycles. The van der Waals surface area contributed by atoms with E-state index in [4.69, 9.17) is 10.8 Å². The van der Waals surface area contributed by atoms with Crippen LogP contribution >= 0.6 is 0 Å².